The zero-order valence-corrected chi connectivity index (χ0v) is 13.0. The smallest absolute Gasteiger partial charge is 0.254 e. The lowest BCUT2D eigenvalue weighted by molar-refractivity contribution is 0.0722. The zero-order valence-electron chi connectivity index (χ0n) is 12.2. The van der Waals surface area contributed by atoms with Gasteiger partial charge in [-0.3, -0.25) is 4.79 Å². The number of hydrogen-bond acceptors (Lipinski definition) is 2. The summed E-state index contributed by atoms with van der Waals surface area (Å²) in [6.07, 6.45) is 3.37. The maximum absolute atomic E-state index is 12.7. The normalized spacial score (nSPS) is 16.4. The van der Waals surface area contributed by atoms with Gasteiger partial charge in [-0.05, 0) is 48.9 Å². The Balaban J connectivity index is 0.00000147. The van der Waals surface area contributed by atoms with Crippen LogP contribution in [0.1, 0.15) is 42.6 Å². The Morgan fingerprint density at radius 1 is 1.40 bits per heavy atom. The maximum Gasteiger partial charge on any atom is 0.254 e. The van der Waals surface area contributed by atoms with Crippen LogP contribution in [0.25, 0.3) is 0 Å². The number of benzene rings is 1. The number of carbonyl (C=O) groups is 1. The van der Waals surface area contributed by atoms with E-state index < -0.39 is 0 Å². The van der Waals surface area contributed by atoms with Gasteiger partial charge < -0.3 is 10.2 Å². The number of nitrogens with one attached hydrogen (secondary N) is 1. The van der Waals surface area contributed by atoms with Crippen LogP contribution in [0.2, 0.25) is 0 Å². The molecule has 3 rings (SSSR count). The molecule has 0 aromatic heterocycles. The van der Waals surface area contributed by atoms with Gasteiger partial charge in [0, 0.05) is 30.4 Å². The number of fused-ring (bicyclic) bond motifs is 1. The summed E-state index contributed by atoms with van der Waals surface area (Å²) in [5.41, 5.74) is 3.33. The summed E-state index contributed by atoms with van der Waals surface area (Å²) in [5, 5.41) is 3.34. The molecule has 1 aromatic carbocycles. The molecule has 1 aliphatic carbocycles. The zero-order chi connectivity index (χ0) is 13.4. The lowest BCUT2D eigenvalue weighted by Crippen LogP contribution is -2.36. The predicted octanol–water partition coefficient (Wildman–Crippen LogP) is 3.34. The minimum absolute atomic E-state index is 0. The molecule has 1 fully saturated rings. The van der Waals surface area contributed by atoms with Gasteiger partial charge in [-0.25, -0.2) is 0 Å². The standard InChI is InChI=1S/C16H22N2O.ClH/c1-11(2)10-18(14-4-5-14)16(19)13-3-6-15-12(9-13)7-8-17-15;/h3,6,9,11,14,17H,4-5,7-8,10H2,1-2H3;1H. The van der Waals surface area contributed by atoms with E-state index in [1.54, 1.807) is 0 Å². The van der Waals surface area contributed by atoms with E-state index in [9.17, 15) is 4.79 Å². The van der Waals surface area contributed by atoms with Gasteiger partial charge in [-0.2, -0.15) is 0 Å². The highest BCUT2D eigenvalue weighted by Gasteiger charge is 2.33. The largest absolute Gasteiger partial charge is 0.384 e. The topological polar surface area (TPSA) is 32.3 Å². The summed E-state index contributed by atoms with van der Waals surface area (Å²) in [6.45, 7) is 6.22. The fourth-order valence-electron chi connectivity index (χ4n) is 2.78. The second-order valence-corrected chi connectivity index (χ2v) is 6.13. The van der Waals surface area contributed by atoms with Crippen LogP contribution in [-0.4, -0.2) is 29.9 Å². The van der Waals surface area contributed by atoms with Crippen molar-refractivity contribution in [2.75, 3.05) is 18.4 Å². The average molecular weight is 295 g/mol. The predicted molar refractivity (Wildman–Crippen MR) is 84.8 cm³/mol. The van der Waals surface area contributed by atoms with Crippen molar-refractivity contribution >= 4 is 24.0 Å². The second kappa shape index (κ2) is 6.04. The lowest BCUT2D eigenvalue weighted by atomic mass is 10.1. The number of rotatable bonds is 4. The first kappa shape index (κ1) is 15.2. The van der Waals surface area contributed by atoms with Crippen molar-refractivity contribution in [2.45, 2.75) is 39.2 Å². The first-order valence-electron chi connectivity index (χ1n) is 7.33. The third-order valence-corrected chi connectivity index (χ3v) is 3.87. The van der Waals surface area contributed by atoms with Gasteiger partial charge in [0.15, 0.2) is 0 Å². The number of carbonyl (C=O) groups excluding carboxylic acids is 1. The first-order chi connectivity index (χ1) is 9.15. The minimum atomic E-state index is 0. The van der Waals surface area contributed by atoms with Crippen molar-refractivity contribution in [1.29, 1.82) is 0 Å². The summed E-state index contributed by atoms with van der Waals surface area (Å²) in [5.74, 6) is 0.742. The highest BCUT2D eigenvalue weighted by atomic mass is 35.5. The average Bonchev–Trinajstić information content (AvgIpc) is 3.12. The Hall–Kier alpha value is -1.22. The van der Waals surface area contributed by atoms with E-state index in [-0.39, 0.29) is 18.3 Å². The number of anilines is 1. The molecule has 1 saturated carbocycles. The van der Waals surface area contributed by atoms with Crippen molar-refractivity contribution in [1.82, 2.24) is 4.90 Å². The Morgan fingerprint density at radius 2 is 2.15 bits per heavy atom. The minimum Gasteiger partial charge on any atom is -0.384 e. The van der Waals surface area contributed by atoms with Gasteiger partial charge in [-0.15, -0.1) is 12.4 Å². The van der Waals surface area contributed by atoms with Crippen molar-refractivity contribution in [3.63, 3.8) is 0 Å². The molecule has 20 heavy (non-hydrogen) atoms. The van der Waals surface area contributed by atoms with Crippen LogP contribution in [0.15, 0.2) is 18.2 Å². The molecule has 1 heterocycles. The van der Waals surface area contributed by atoms with Crippen LogP contribution in [0, 0.1) is 5.92 Å². The molecular formula is C16H23ClN2O. The van der Waals surface area contributed by atoms with E-state index in [4.69, 9.17) is 0 Å². The van der Waals surface area contributed by atoms with Crippen LogP contribution >= 0.6 is 12.4 Å². The van der Waals surface area contributed by atoms with E-state index in [2.05, 4.69) is 36.2 Å². The van der Waals surface area contributed by atoms with Crippen LogP contribution in [0.3, 0.4) is 0 Å². The Kier molecular flexibility index (Phi) is 4.59. The molecule has 1 amide bonds. The van der Waals surface area contributed by atoms with Crippen LogP contribution in [0.4, 0.5) is 5.69 Å². The summed E-state index contributed by atoms with van der Waals surface area (Å²) < 4.78 is 0. The molecular weight excluding hydrogens is 272 g/mol. The third-order valence-electron chi connectivity index (χ3n) is 3.87. The molecule has 0 spiro atoms. The Bertz CT molecular complexity index is 497. The van der Waals surface area contributed by atoms with E-state index >= 15 is 0 Å². The van der Waals surface area contributed by atoms with Crippen molar-refractivity contribution in [2.24, 2.45) is 5.92 Å². The first-order valence-corrected chi connectivity index (χ1v) is 7.33. The summed E-state index contributed by atoms with van der Waals surface area (Å²) >= 11 is 0. The molecule has 3 nitrogen and oxygen atoms in total. The third kappa shape index (κ3) is 3.09. The lowest BCUT2D eigenvalue weighted by Gasteiger charge is -2.24. The summed E-state index contributed by atoms with van der Waals surface area (Å²) in [7, 11) is 0. The van der Waals surface area contributed by atoms with Gasteiger partial charge in [0.25, 0.3) is 5.91 Å². The maximum atomic E-state index is 12.7. The fraction of sp³-hybridized carbons (Fsp3) is 0.562. The van der Waals surface area contributed by atoms with E-state index in [1.165, 1.54) is 24.1 Å². The number of nitrogens with zero attached hydrogens (tertiary/aromatic N) is 1. The summed E-state index contributed by atoms with van der Waals surface area (Å²) in [4.78, 5) is 14.7. The van der Waals surface area contributed by atoms with Crippen molar-refractivity contribution < 1.29 is 4.79 Å². The van der Waals surface area contributed by atoms with E-state index in [0.717, 1.165) is 25.1 Å². The Labute approximate surface area is 127 Å². The van der Waals surface area contributed by atoms with Crippen molar-refractivity contribution in [3.05, 3.63) is 29.3 Å². The monoisotopic (exact) mass is 294 g/mol. The summed E-state index contributed by atoms with van der Waals surface area (Å²) in [6, 6.07) is 6.58. The molecule has 110 valence electrons. The molecule has 0 bridgehead atoms. The van der Waals surface area contributed by atoms with Gasteiger partial charge in [-0.1, -0.05) is 13.8 Å². The Morgan fingerprint density at radius 3 is 2.80 bits per heavy atom. The molecule has 0 unspecified atom stereocenters. The quantitative estimate of drug-likeness (QED) is 0.924. The van der Waals surface area contributed by atoms with Gasteiger partial charge in [0.05, 0.1) is 0 Å². The fourth-order valence-corrected chi connectivity index (χ4v) is 2.78. The van der Waals surface area contributed by atoms with E-state index in [0.29, 0.717) is 12.0 Å². The number of halogens is 1. The molecule has 2 aliphatic rings. The van der Waals surface area contributed by atoms with Crippen LogP contribution in [0.5, 0.6) is 0 Å². The molecule has 0 saturated heterocycles. The molecule has 0 atom stereocenters. The molecule has 0 radical (unpaired) electrons. The number of amides is 1. The van der Waals surface area contributed by atoms with Crippen molar-refractivity contribution in [3.8, 4) is 0 Å². The SMILES string of the molecule is CC(C)CN(C(=O)c1ccc2c(c1)CCN2)C1CC1.Cl. The van der Waals surface area contributed by atoms with Crippen LogP contribution in [-0.2, 0) is 6.42 Å². The molecule has 1 N–H and O–H groups in total. The molecule has 1 aromatic rings. The highest BCUT2D eigenvalue weighted by Crippen LogP contribution is 2.30. The second-order valence-electron chi connectivity index (χ2n) is 6.13. The molecule has 4 heteroatoms. The van der Waals surface area contributed by atoms with E-state index in [1.807, 2.05) is 6.07 Å². The van der Waals surface area contributed by atoms with Gasteiger partial charge >= 0.3 is 0 Å². The van der Waals surface area contributed by atoms with Gasteiger partial charge in [0.1, 0.15) is 0 Å². The molecule has 1 aliphatic heterocycles. The number of hydrogen-bond donors (Lipinski definition) is 1. The van der Waals surface area contributed by atoms with Gasteiger partial charge in [0.2, 0.25) is 0 Å². The van der Waals surface area contributed by atoms with Crippen LogP contribution < -0.4 is 5.32 Å². The highest BCUT2D eigenvalue weighted by molar-refractivity contribution is 5.95.